The van der Waals surface area contributed by atoms with Gasteiger partial charge in [-0.2, -0.15) is 0 Å². The highest BCUT2D eigenvalue weighted by Gasteiger charge is 2.05. The fraction of sp³-hybridized carbons (Fsp3) is 0.176. The largest absolute Gasteiger partial charge is 0.306 e. The zero-order valence-corrected chi connectivity index (χ0v) is 12.5. The lowest BCUT2D eigenvalue weighted by Gasteiger charge is -2.11. The smallest absolute Gasteiger partial charge is 0.123 e. The molecule has 0 aromatic heterocycles. The zero-order chi connectivity index (χ0) is 14.4. The van der Waals surface area contributed by atoms with Gasteiger partial charge < -0.3 is 4.90 Å². The number of rotatable bonds is 5. The van der Waals surface area contributed by atoms with Gasteiger partial charge in [0, 0.05) is 16.3 Å². The summed E-state index contributed by atoms with van der Waals surface area (Å²) in [5.74, 6) is -0.203. The van der Waals surface area contributed by atoms with Crippen molar-refractivity contribution in [2.24, 2.45) is 0 Å². The molecule has 2 rings (SSSR count). The van der Waals surface area contributed by atoms with Gasteiger partial charge in [-0.1, -0.05) is 48.2 Å². The van der Waals surface area contributed by atoms with Crippen molar-refractivity contribution in [1.82, 2.24) is 4.90 Å². The highest BCUT2D eigenvalue weighted by atomic mass is 32.2. The molecule has 0 spiro atoms. The minimum absolute atomic E-state index is 0.203. The van der Waals surface area contributed by atoms with Crippen LogP contribution in [0.1, 0.15) is 5.56 Å². The molecule has 0 saturated heterocycles. The standard InChI is InChI=1S/C17H18FNS/c1-19(2)13-12-17(14-8-10-15(18)11-9-14)20-16-6-4-3-5-7-16/h3-12H,13H2,1-2H3. The Morgan fingerprint density at radius 2 is 1.70 bits per heavy atom. The van der Waals surface area contributed by atoms with E-state index in [9.17, 15) is 4.39 Å². The van der Waals surface area contributed by atoms with E-state index >= 15 is 0 Å². The van der Waals surface area contributed by atoms with Crippen molar-refractivity contribution in [1.29, 1.82) is 0 Å². The van der Waals surface area contributed by atoms with Crippen LogP contribution >= 0.6 is 11.8 Å². The minimum atomic E-state index is -0.203. The second-order valence-corrected chi connectivity index (χ2v) is 5.87. The number of nitrogens with zero attached hydrogens (tertiary/aromatic N) is 1. The molecule has 0 aliphatic carbocycles. The molecular weight excluding hydrogens is 269 g/mol. The van der Waals surface area contributed by atoms with Crippen molar-refractivity contribution in [3.8, 4) is 0 Å². The maximum Gasteiger partial charge on any atom is 0.123 e. The Balaban J connectivity index is 2.25. The first-order chi connectivity index (χ1) is 9.65. The van der Waals surface area contributed by atoms with Gasteiger partial charge in [0.15, 0.2) is 0 Å². The van der Waals surface area contributed by atoms with Crippen molar-refractivity contribution < 1.29 is 4.39 Å². The molecular formula is C17H18FNS. The Hall–Kier alpha value is -1.58. The summed E-state index contributed by atoms with van der Waals surface area (Å²) in [6.07, 6.45) is 2.17. The molecule has 0 bridgehead atoms. The number of hydrogen-bond donors (Lipinski definition) is 0. The van der Waals surface area contributed by atoms with Crippen molar-refractivity contribution in [3.63, 3.8) is 0 Å². The van der Waals surface area contributed by atoms with E-state index in [-0.39, 0.29) is 5.82 Å². The van der Waals surface area contributed by atoms with Gasteiger partial charge in [-0.05, 0) is 43.9 Å². The second kappa shape index (κ2) is 7.27. The van der Waals surface area contributed by atoms with Crippen LogP contribution < -0.4 is 0 Å². The molecule has 0 aliphatic heterocycles. The van der Waals surface area contributed by atoms with E-state index < -0.39 is 0 Å². The number of hydrogen-bond acceptors (Lipinski definition) is 2. The molecule has 104 valence electrons. The van der Waals surface area contributed by atoms with E-state index in [4.69, 9.17) is 0 Å². The average Bonchev–Trinajstić information content (AvgIpc) is 2.45. The Morgan fingerprint density at radius 1 is 1.05 bits per heavy atom. The summed E-state index contributed by atoms with van der Waals surface area (Å²) >= 11 is 1.70. The van der Waals surface area contributed by atoms with Crippen LogP contribution in [0.25, 0.3) is 4.91 Å². The SMILES string of the molecule is CN(C)CC=C(Sc1ccccc1)c1ccc(F)cc1. The van der Waals surface area contributed by atoms with Gasteiger partial charge in [0.25, 0.3) is 0 Å². The highest BCUT2D eigenvalue weighted by molar-refractivity contribution is 8.08. The average molecular weight is 287 g/mol. The summed E-state index contributed by atoms with van der Waals surface area (Å²) in [4.78, 5) is 4.43. The third-order valence-electron chi connectivity index (χ3n) is 2.74. The summed E-state index contributed by atoms with van der Waals surface area (Å²) < 4.78 is 13.1. The van der Waals surface area contributed by atoms with Gasteiger partial charge in [-0.3, -0.25) is 0 Å². The topological polar surface area (TPSA) is 3.24 Å². The molecule has 2 aromatic carbocycles. The fourth-order valence-corrected chi connectivity index (χ4v) is 2.67. The molecule has 0 aliphatic rings. The van der Waals surface area contributed by atoms with Crippen LogP contribution in [0.15, 0.2) is 65.6 Å². The van der Waals surface area contributed by atoms with Crippen molar-refractivity contribution in [2.75, 3.05) is 20.6 Å². The van der Waals surface area contributed by atoms with Gasteiger partial charge in [0.05, 0.1) is 0 Å². The predicted octanol–water partition coefficient (Wildman–Crippen LogP) is 4.52. The molecule has 2 aromatic rings. The maximum atomic E-state index is 13.1. The first-order valence-corrected chi connectivity index (χ1v) is 7.30. The van der Waals surface area contributed by atoms with Crippen LogP contribution in [0.3, 0.4) is 0 Å². The fourth-order valence-electron chi connectivity index (χ4n) is 1.71. The first kappa shape index (κ1) is 14.8. The molecule has 0 radical (unpaired) electrons. The van der Waals surface area contributed by atoms with E-state index in [0.29, 0.717) is 0 Å². The minimum Gasteiger partial charge on any atom is -0.306 e. The molecule has 0 heterocycles. The highest BCUT2D eigenvalue weighted by Crippen LogP contribution is 2.34. The Labute approximate surface area is 124 Å². The van der Waals surface area contributed by atoms with Crippen LogP contribution in [0.2, 0.25) is 0 Å². The molecule has 0 N–H and O–H groups in total. The molecule has 20 heavy (non-hydrogen) atoms. The van der Waals surface area contributed by atoms with Gasteiger partial charge in [0.2, 0.25) is 0 Å². The predicted molar refractivity (Wildman–Crippen MR) is 85.2 cm³/mol. The van der Waals surface area contributed by atoms with Crippen molar-refractivity contribution in [3.05, 3.63) is 72.1 Å². The Bertz CT molecular complexity index is 561. The molecule has 0 amide bonds. The number of benzene rings is 2. The molecule has 0 atom stereocenters. The van der Waals surface area contributed by atoms with Gasteiger partial charge in [0.1, 0.15) is 5.82 Å². The Morgan fingerprint density at radius 3 is 2.30 bits per heavy atom. The van der Waals surface area contributed by atoms with Crippen LogP contribution in [0, 0.1) is 5.82 Å². The lowest BCUT2D eigenvalue weighted by Crippen LogP contribution is -2.10. The van der Waals surface area contributed by atoms with Crippen LogP contribution in [0.4, 0.5) is 4.39 Å². The zero-order valence-electron chi connectivity index (χ0n) is 11.7. The molecule has 0 unspecified atom stereocenters. The summed E-state index contributed by atoms with van der Waals surface area (Å²) in [5, 5.41) is 0. The molecule has 0 fully saturated rings. The third-order valence-corrected chi connectivity index (χ3v) is 3.87. The lowest BCUT2D eigenvalue weighted by molar-refractivity contribution is 0.457. The second-order valence-electron chi connectivity index (χ2n) is 4.75. The summed E-state index contributed by atoms with van der Waals surface area (Å²) in [7, 11) is 4.07. The number of likely N-dealkylation sites (N-methyl/N-ethyl adjacent to an activating group) is 1. The number of thioether (sulfide) groups is 1. The lowest BCUT2D eigenvalue weighted by atomic mass is 10.2. The number of halogens is 1. The first-order valence-electron chi connectivity index (χ1n) is 6.49. The van der Waals surface area contributed by atoms with Crippen LogP contribution in [-0.4, -0.2) is 25.5 Å². The van der Waals surface area contributed by atoms with Gasteiger partial charge >= 0.3 is 0 Å². The monoisotopic (exact) mass is 287 g/mol. The van der Waals surface area contributed by atoms with E-state index in [1.807, 2.05) is 44.4 Å². The van der Waals surface area contributed by atoms with Gasteiger partial charge in [-0.25, -0.2) is 4.39 Å². The summed E-state index contributed by atoms with van der Waals surface area (Å²) in [6.45, 7) is 0.854. The van der Waals surface area contributed by atoms with Crippen LogP contribution in [0.5, 0.6) is 0 Å². The molecule has 0 saturated carbocycles. The quantitative estimate of drug-likeness (QED) is 0.744. The normalized spacial score (nSPS) is 11.9. The summed E-state index contributed by atoms with van der Waals surface area (Å²) in [6, 6.07) is 16.9. The maximum absolute atomic E-state index is 13.1. The van der Waals surface area contributed by atoms with Gasteiger partial charge in [-0.15, -0.1) is 0 Å². The third kappa shape index (κ3) is 4.51. The van der Waals surface area contributed by atoms with E-state index in [1.54, 1.807) is 11.8 Å². The molecule has 1 nitrogen and oxygen atoms in total. The Kier molecular flexibility index (Phi) is 5.39. The summed E-state index contributed by atoms with van der Waals surface area (Å²) in [5.41, 5.74) is 1.04. The molecule has 3 heteroatoms. The van der Waals surface area contributed by atoms with Crippen molar-refractivity contribution in [2.45, 2.75) is 4.90 Å². The van der Waals surface area contributed by atoms with Crippen LogP contribution in [-0.2, 0) is 0 Å². The van der Waals surface area contributed by atoms with Crippen molar-refractivity contribution >= 4 is 16.7 Å². The van der Waals surface area contributed by atoms with E-state index in [1.165, 1.54) is 17.0 Å². The van der Waals surface area contributed by atoms with E-state index in [2.05, 4.69) is 23.1 Å². The van der Waals surface area contributed by atoms with E-state index in [0.717, 1.165) is 17.0 Å².